The summed E-state index contributed by atoms with van der Waals surface area (Å²) < 4.78 is 27.3. The van der Waals surface area contributed by atoms with Gasteiger partial charge in [-0.15, -0.1) is 0 Å². The van der Waals surface area contributed by atoms with Gasteiger partial charge in [0.25, 0.3) is 5.91 Å². The topological polar surface area (TPSA) is 104 Å². The van der Waals surface area contributed by atoms with Gasteiger partial charge in [-0.3, -0.25) is 4.79 Å². The number of aromatic nitrogens is 2. The molecule has 0 bridgehead atoms. The minimum absolute atomic E-state index is 0.0144. The predicted molar refractivity (Wildman–Crippen MR) is 102 cm³/mol. The highest BCUT2D eigenvalue weighted by molar-refractivity contribution is 7.89. The highest BCUT2D eigenvalue weighted by atomic mass is 32.2. The van der Waals surface area contributed by atoms with Crippen LogP contribution in [0.2, 0.25) is 0 Å². The van der Waals surface area contributed by atoms with Crippen molar-refractivity contribution in [3.8, 4) is 0 Å². The number of carbonyl (C=O) groups is 1. The van der Waals surface area contributed by atoms with Crippen LogP contribution in [-0.4, -0.2) is 30.3 Å². The average molecular weight is 384 g/mol. The molecule has 7 nitrogen and oxygen atoms in total. The van der Waals surface area contributed by atoms with E-state index < -0.39 is 10.0 Å². The molecule has 0 aliphatic heterocycles. The van der Waals surface area contributed by atoms with E-state index in [1.807, 2.05) is 31.2 Å². The predicted octanol–water partition coefficient (Wildman–Crippen LogP) is 2.49. The fraction of sp³-hybridized carbons (Fsp3) is 0.263. The van der Waals surface area contributed by atoms with E-state index in [1.165, 1.54) is 12.1 Å². The highest BCUT2D eigenvalue weighted by Crippen LogP contribution is 2.23. The molecule has 1 amide bonds. The van der Waals surface area contributed by atoms with Crippen molar-refractivity contribution in [1.29, 1.82) is 0 Å². The molecule has 1 aliphatic carbocycles. The Bertz CT molecular complexity index is 1070. The van der Waals surface area contributed by atoms with Crippen molar-refractivity contribution >= 4 is 27.0 Å². The summed E-state index contributed by atoms with van der Waals surface area (Å²) in [6.07, 6.45) is 1.71. The van der Waals surface area contributed by atoms with E-state index in [0.29, 0.717) is 5.82 Å². The molecule has 0 radical (unpaired) electrons. The number of H-pyrrole nitrogens is 1. The first kappa shape index (κ1) is 17.7. The van der Waals surface area contributed by atoms with Gasteiger partial charge in [0.05, 0.1) is 22.0 Å². The molecule has 3 aromatic rings. The second kappa shape index (κ2) is 6.79. The van der Waals surface area contributed by atoms with Crippen molar-refractivity contribution in [3.05, 3.63) is 59.9 Å². The Morgan fingerprint density at radius 1 is 1.19 bits per heavy atom. The smallest absolute Gasteiger partial charge is 0.251 e. The fourth-order valence-electron chi connectivity index (χ4n) is 2.82. The van der Waals surface area contributed by atoms with Crippen LogP contribution in [0.5, 0.6) is 0 Å². The maximum atomic E-state index is 12.6. The lowest BCUT2D eigenvalue weighted by Crippen LogP contribution is -2.28. The third-order valence-corrected chi connectivity index (χ3v) is 5.99. The molecule has 27 heavy (non-hydrogen) atoms. The maximum absolute atomic E-state index is 12.6. The van der Waals surface area contributed by atoms with E-state index in [0.717, 1.165) is 23.9 Å². The summed E-state index contributed by atoms with van der Waals surface area (Å²) in [6, 6.07) is 13.3. The molecule has 1 saturated carbocycles. The summed E-state index contributed by atoms with van der Waals surface area (Å²) in [6.45, 7) is 1.82. The number of sulfonamides is 1. The van der Waals surface area contributed by atoms with Crippen LogP contribution in [0.4, 0.5) is 0 Å². The number of imidazole rings is 1. The van der Waals surface area contributed by atoms with Crippen LogP contribution < -0.4 is 10.0 Å². The van der Waals surface area contributed by atoms with Gasteiger partial charge in [-0.25, -0.2) is 18.1 Å². The van der Waals surface area contributed by atoms with Gasteiger partial charge in [0.2, 0.25) is 10.0 Å². The van der Waals surface area contributed by atoms with E-state index in [1.54, 1.807) is 12.1 Å². The molecule has 140 valence electrons. The SMILES string of the molecule is C[C@H](NC(=O)c1cccc(S(=O)(=O)NC2CC2)c1)c1nc2ccccc2[nH]1. The number of hydrogen-bond donors (Lipinski definition) is 3. The lowest BCUT2D eigenvalue weighted by molar-refractivity contribution is 0.0938. The second-order valence-electron chi connectivity index (χ2n) is 6.76. The summed E-state index contributed by atoms with van der Waals surface area (Å²) in [7, 11) is -3.60. The van der Waals surface area contributed by atoms with Crippen molar-refractivity contribution in [2.24, 2.45) is 0 Å². The normalized spacial score (nSPS) is 15.6. The van der Waals surface area contributed by atoms with E-state index in [4.69, 9.17) is 0 Å². The molecule has 1 heterocycles. The molecular weight excluding hydrogens is 364 g/mol. The third kappa shape index (κ3) is 3.86. The fourth-order valence-corrected chi connectivity index (χ4v) is 4.17. The first-order valence-corrected chi connectivity index (χ1v) is 10.3. The van der Waals surface area contributed by atoms with Crippen LogP contribution in [0.1, 0.15) is 42.0 Å². The van der Waals surface area contributed by atoms with Crippen molar-refractivity contribution in [2.45, 2.75) is 36.7 Å². The minimum Gasteiger partial charge on any atom is -0.342 e. The Labute approximate surface area is 157 Å². The number of nitrogens with one attached hydrogen (secondary N) is 3. The Kier molecular flexibility index (Phi) is 4.45. The van der Waals surface area contributed by atoms with Crippen molar-refractivity contribution < 1.29 is 13.2 Å². The molecular formula is C19H20N4O3S. The maximum Gasteiger partial charge on any atom is 0.251 e. The number of fused-ring (bicyclic) bond motifs is 1. The van der Waals surface area contributed by atoms with Crippen LogP contribution in [-0.2, 0) is 10.0 Å². The van der Waals surface area contributed by atoms with Gasteiger partial charge < -0.3 is 10.3 Å². The summed E-state index contributed by atoms with van der Waals surface area (Å²) in [5, 5.41) is 2.86. The van der Waals surface area contributed by atoms with Gasteiger partial charge >= 0.3 is 0 Å². The number of rotatable bonds is 6. The zero-order valence-corrected chi connectivity index (χ0v) is 15.6. The first-order chi connectivity index (χ1) is 12.9. The minimum atomic E-state index is -3.60. The number of carbonyl (C=O) groups excluding carboxylic acids is 1. The van der Waals surface area contributed by atoms with E-state index in [-0.39, 0.29) is 28.4 Å². The third-order valence-electron chi connectivity index (χ3n) is 4.47. The lowest BCUT2D eigenvalue weighted by atomic mass is 10.2. The monoisotopic (exact) mass is 384 g/mol. The molecule has 3 N–H and O–H groups in total. The highest BCUT2D eigenvalue weighted by Gasteiger charge is 2.28. The van der Waals surface area contributed by atoms with Crippen molar-refractivity contribution in [2.75, 3.05) is 0 Å². The molecule has 4 rings (SSSR count). The molecule has 2 aromatic carbocycles. The molecule has 0 spiro atoms. The summed E-state index contributed by atoms with van der Waals surface area (Å²) in [4.78, 5) is 20.3. The van der Waals surface area contributed by atoms with E-state index in [9.17, 15) is 13.2 Å². The summed E-state index contributed by atoms with van der Waals surface area (Å²) >= 11 is 0. The zero-order valence-electron chi connectivity index (χ0n) is 14.8. The van der Waals surface area contributed by atoms with Crippen molar-refractivity contribution in [1.82, 2.24) is 20.0 Å². The van der Waals surface area contributed by atoms with Gasteiger partial charge in [-0.2, -0.15) is 0 Å². The van der Waals surface area contributed by atoms with Crippen molar-refractivity contribution in [3.63, 3.8) is 0 Å². The molecule has 1 aromatic heterocycles. The number of nitrogens with zero attached hydrogens (tertiary/aromatic N) is 1. The van der Waals surface area contributed by atoms with Gasteiger partial charge in [-0.05, 0) is 50.1 Å². The van der Waals surface area contributed by atoms with Crippen LogP contribution in [0.3, 0.4) is 0 Å². The van der Waals surface area contributed by atoms with Gasteiger partial charge in [0, 0.05) is 11.6 Å². The number of aromatic amines is 1. The number of hydrogen-bond acceptors (Lipinski definition) is 4. The Morgan fingerprint density at radius 2 is 1.96 bits per heavy atom. The van der Waals surface area contributed by atoms with E-state index >= 15 is 0 Å². The molecule has 0 saturated heterocycles. The number of para-hydroxylation sites is 2. The van der Waals surface area contributed by atoms with Gasteiger partial charge in [0.15, 0.2) is 0 Å². The standard InChI is InChI=1S/C19H20N4O3S/c1-12(18-21-16-7-2-3-8-17(16)22-18)20-19(24)13-5-4-6-15(11-13)27(25,26)23-14-9-10-14/h2-8,11-12,14,23H,9-10H2,1H3,(H,20,24)(H,21,22)/t12-/m0/s1. The Hall–Kier alpha value is -2.71. The van der Waals surface area contributed by atoms with Crippen LogP contribution in [0, 0.1) is 0 Å². The summed E-state index contributed by atoms with van der Waals surface area (Å²) in [5.41, 5.74) is 2.01. The Morgan fingerprint density at radius 3 is 2.70 bits per heavy atom. The lowest BCUT2D eigenvalue weighted by Gasteiger charge is -2.12. The Balaban J connectivity index is 1.51. The van der Waals surface area contributed by atoms with Crippen LogP contribution >= 0.6 is 0 Å². The van der Waals surface area contributed by atoms with E-state index in [2.05, 4.69) is 20.0 Å². The van der Waals surface area contributed by atoms with Crippen LogP contribution in [0.25, 0.3) is 11.0 Å². The molecule has 1 aliphatic rings. The second-order valence-corrected chi connectivity index (χ2v) is 8.47. The first-order valence-electron chi connectivity index (χ1n) is 8.80. The van der Waals surface area contributed by atoms with Gasteiger partial charge in [0.1, 0.15) is 5.82 Å². The summed E-state index contributed by atoms with van der Waals surface area (Å²) in [5.74, 6) is 0.287. The molecule has 1 fully saturated rings. The molecule has 0 unspecified atom stereocenters. The largest absolute Gasteiger partial charge is 0.342 e. The average Bonchev–Trinajstić information content (AvgIpc) is 3.34. The molecule has 1 atom stereocenters. The van der Waals surface area contributed by atoms with Gasteiger partial charge in [-0.1, -0.05) is 18.2 Å². The van der Waals surface area contributed by atoms with Crippen LogP contribution in [0.15, 0.2) is 53.4 Å². The number of amides is 1. The molecule has 8 heteroatoms. The number of benzene rings is 2. The zero-order chi connectivity index (χ0) is 19.0. The quantitative estimate of drug-likeness (QED) is 0.607.